The lowest BCUT2D eigenvalue weighted by Crippen LogP contribution is -2.20. The smallest absolute Gasteiger partial charge is 0.244 e. The van der Waals surface area contributed by atoms with E-state index in [2.05, 4.69) is 5.32 Å². The van der Waals surface area contributed by atoms with Crippen molar-refractivity contribution < 1.29 is 14.6 Å². The van der Waals surface area contributed by atoms with E-state index in [0.29, 0.717) is 6.54 Å². The van der Waals surface area contributed by atoms with Crippen molar-refractivity contribution in [2.24, 2.45) is 0 Å². The number of aliphatic hydroxyl groups excluding tert-OH is 1. The summed E-state index contributed by atoms with van der Waals surface area (Å²) in [5.74, 6) is 0.570. The fraction of sp³-hybridized carbons (Fsp3) is 0.250. The molecule has 0 unspecified atom stereocenters. The predicted octanol–water partition coefficient (Wildman–Crippen LogP) is 0.860. The first kappa shape index (κ1) is 12.3. The van der Waals surface area contributed by atoms with Gasteiger partial charge in [0.05, 0.1) is 13.7 Å². The van der Waals surface area contributed by atoms with Gasteiger partial charge in [0.2, 0.25) is 5.91 Å². The zero-order valence-electron chi connectivity index (χ0n) is 9.14. The molecule has 0 saturated heterocycles. The van der Waals surface area contributed by atoms with E-state index in [-0.39, 0.29) is 12.5 Å². The highest BCUT2D eigenvalue weighted by atomic mass is 16.5. The molecule has 1 aromatic carbocycles. The summed E-state index contributed by atoms with van der Waals surface area (Å²) in [5.41, 5.74) is 0.992. The molecule has 1 aromatic rings. The van der Waals surface area contributed by atoms with Gasteiger partial charge in [-0.2, -0.15) is 0 Å². The molecular formula is C12H15NO3. The first-order valence-corrected chi connectivity index (χ1v) is 4.94. The highest BCUT2D eigenvalue weighted by Gasteiger charge is 1.97. The summed E-state index contributed by atoms with van der Waals surface area (Å²) in [4.78, 5) is 11.2. The van der Waals surface area contributed by atoms with Crippen LogP contribution >= 0.6 is 0 Å². The topological polar surface area (TPSA) is 58.6 Å². The van der Waals surface area contributed by atoms with Crippen molar-refractivity contribution in [2.75, 3.05) is 13.7 Å². The molecule has 1 amide bonds. The van der Waals surface area contributed by atoms with Crippen LogP contribution in [0.5, 0.6) is 5.75 Å². The molecule has 0 radical (unpaired) electrons. The Morgan fingerprint density at radius 1 is 1.44 bits per heavy atom. The molecule has 0 aliphatic rings. The monoisotopic (exact) mass is 221 g/mol. The van der Waals surface area contributed by atoms with Gasteiger partial charge in [0.1, 0.15) is 5.75 Å². The maximum atomic E-state index is 11.2. The number of ether oxygens (including phenoxy) is 1. The first-order valence-electron chi connectivity index (χ1n) is 4.94. The van der Waals surface area contributed by atoms with Gasteiger partial charge in [0, 0.05) is 12.6 Å². The standard InChI is InChI=1S/C12H15NO3/c1-16-11-6-4-10(5-7-11)9-13-12(15)3-2-8-14/h2-7,14H,8-9H2,1H3,(H,13,15). The largest absolute Gasteiger partial charge is 0.497 e. The predicted molar refractivity (Wildman–Crippen MR) is 61.1 cm³/mol. The Kier molecular flexibility index (Phi) is 5.08. The van der Waals surface area contributed by atoms with Crippen molar-refractivity contribution in [3.8, 4) is 5.75 Å². The molecule has 0 fully saturated rings. The Balaban J connectivity index is 2.42. The highest BCUT2D eigenvalue weighted by molar-refractivity contribution is 5.87. The van der Waals surface area contributed by atoms with E-state index in [1.807, 2.05) is 24.3 Å². The van der Waals surface area contributed by atoms with Gasteiger partial charge in [-0.3, -0.25) is 4.79 Å². The van der Waals surface area contributed by atoms with E-state index >= 15 is 0 Å². The molecule has 4 nitrogen and oxygen atoms in total. The zero-order valence-corrected chi connectivity index (χ0v) is 9.14. The van der Waals surface area contributed by atoms with Crippen molar-refractivity contribution in [1.82, 2.24) is 5.32 Å². The summed E-state index contributed by atoms with van der Waals surface area (Å²) in [5, 5.41) is 11.2. The molecule has 16 heavy (non-hydrogen) atoms. The second kappa shape index (κ2) is 6.63. The summed E-state index contributed by atoms with van der Waals surface area (Å²) in [6, 6.07) is 7.44. The summed E-state index contributed by atoms with van der Waals surface area (Å²) < 4.78 is 5.02. The third-order valence-corrected chi connectivity index (χ3v) is 2.00. The molecule has 0 aliphatic heterocycles. The number of hydrogen-bond acceptors (Lipinski definition) is 3. The van der Waals surface area contributed by atoms with E-state index < -0.39 is 0 Å². The van der Waals surface area contributed by atoms with Crippen LogP contribution in [-0.2, 0) is 11.3 Å². The van der Waals surface area contributed by atoms with Crippen molar-refractivity contribution >= 4 is 5.91 Å². The Morgan fingerprint density at radius 3 is 2.69 bits per heavy atom. The van der Waals surface area contributed by atoms with E-state index in [9.17, 15) is 4.79 Å². The average Bonchev–Trinajstić information content (AvgIpc) is 2.34. The Morgan fingerprint density at radius 2 is 2.12 bits per heavy atom. The van der Waals surface area contributed by atoms with Gasteiger partial charge >= 0.3 is 0 Å². The molecule has 2 N–H and O–H groups in total. The van der Waals surface area contributed by atoms with Crippen LogP contribution in [0.2, 0.25) is 0 Å². The number of rotatable bonds is 5. The molecule has 4 heteroatoms. The lowest BCUT2D eigenvalue weighted by Gasteiger charge is -2.04. The number of methoxy groups -OCH3 is 1. The van der Waals surface area contributed by atoms with E-state index in [1.165, 1.54) is 12.2 Å². The molecule has 0 bridgehead atoms. The lowest BCUT2D eigenvalue weighted by atomic mass is 10.2. The maximum absolute atomic E-state index is 11.2. The highest BCUT2D eigenvalue weighted by Crippen LogP contribution is 2.10. The molecule has 0 atom stereocenters. The molecule has 0 aromatic heterocycles. The third-order valence-electron chi connectivity index (χ3n) is 2.00. The minimum atomic E-state index is -0.218. The number of carbonyl (C=O) groups excluding carboxylic acids is 1. The summed E-state index contributed by atoms with van der Waals surface area (Å²) in [7, 11) is 1.61. The molecular weight excluding hydrogens is 206 g/mol. The summed E-state index contributed by atoms with van der Waals surface area (Å²) in [6.07, 6.45) is 2.70. The maximum Gasteiger partial charge on any atom is 0.244 e. The molecule has 1 rings (SSSR count). The van der Waals surface area contributed by atoms with Crippen LogP contribution in [0.25, 0.3) is 0 Å². The van der Waals surface area contributed by atoms with Gasteiger partial charge in [-0.25, -0.2) is 0 Å². The van der Waals surface area contributed by atoms with Crippen LogP contribution in [0, 0.1) is 0 Å². The van der Waals surface area contributed by atoms with Crippen molar-refractivity contribution in [3.63, 3.8) is 0 Å². The fourth-order valence-electron chi connectivity index (χ4n) is 1.15. The number of hydrogen-bond donors (Lipinski definition) is 2. The molecule has 0 heterocycles. The lowest BCUT2D eigenvalue weighted by molar-refractivity contribution is -0.116. The van der Waals surface area contributed by atoms with Crippen LogP contribution in [-0.4, -0.2) is 24.7 Å². The van der Waals surface area contributed by atoms with Gasteiger partial charge in [0.15, 0.2) is 0 Å². The quantitative estimate of drug-likeness (QED) is 0.725. The van der Waals surface area contributed by atoms with E-state index in [0.717, 1.165) is 11.3 Å². The number of benzene rings is 1. The van der Waals surface area contributed by atoms with Gasteiger partial charge in [0.25, 0.3) is 0 Å². The second-order valence-electron chi connectivity index (χ2n) is 3.15. The summed E-state index contributed by atoms with van der Waals surface area (Å²) in [6.45, 7) is 0.328. The van der Waals surface area contributed by atoms with E-state index in [4.69, 9.17) is 9.84 Å². The van der Waals surface area contributed by atoms with Gasteiger partial charge in [-0.1, -0.05) is 18.2 Å². The minimum Gasteiger partial charge on any atom is -0.497 e. The van der Waals surface area contributed by atoms with Gasteiger partial charge < -0.3 is 15.2 Å². The zero-order chi connectivity index (χ0) is 11.8. The van der Waals surface area contributed by atoms with Crippen LogP contribution in [0.15, 0.2) is 36.4 Å². The minimum absolute atomic E-state index is 0.129. The number of nitrogens with one attached hydrogen (secondary N) is 1. The molecule has 0 aliphatic carbocycles. The fourth-order valence-corrected chi connectivity index (χ4v) is 1.15. The van der Waals surface area contributed by atoms with Crippen LogP contribution in [0.4, 0.5) is 0 Å². The van der Waals surface area contributed by atoms with Gasteiger partial charge in [-0.05, 0) is 17.7 Å². The molecule has 0 spiro atoms. The summed E-state index contributed by atoms with van der Waals surface area (Å²) >= 11 is 0. The first-order chi connectivity index (χ1) is 7.76. The molecule has 86 valence electrons. The van der Waals surface area contributed by atoms with Crippen LogP contribution in [0.3, 0.4) is 0 Å². The SMILES string of the molecule is COc1ccc(CNC(=O)C=CCO)cc1. The Labute approximate surface area is 94.6 Å². The number of amides is 1. The van der Waals surface area contributed by atoms with Crippen molar-refractivity contribution in [2.45, 2.75) is 6.54 Å². The normalized spacial score (nSPS) is 10.4. The second-order valence-corrected chi connectivity index (χ2v) is 3.15. The van der Waals surface area contributed by atoms with Crippen molar-refractivity contribution in [3.05, 3.63) is 42.0 Å². The number of aliphatic hydroxyl groups is 1. The number of carbonyl (C=O) groups is 1. The van der Waals surface area contributed by atoms with Crippen molar-refractivity contribution in [1.29, 1.82) is 0 Å². The van der Waals surface area contributed by atoms with E-state index in [1.54, 1.807) is 7.11 Å². The third kappa shape index (κ3) is 4.14. The Hall–Kier alpha value is -1.81. The molecule has 0 saturated carbocycles. The Bertz CT molecular complexity index is 357. The van der Waals surface area contributed by atoms with Crippen LogP contribution < -0.4 is 10.1 Å². The average molecular weight is 221 g/mol. The van der Waals surface area contributed by atoms with Crippen LogP contribution in [0.1, 0.15) is 5.56 Å². The van der Waals surface area contributed by atoms with Gasteiger partial charge in [-0.15, -0.1) is 0 Å².